The first-order chi connectivity index (χ1) is 14.0. The Bertz CT molecular complexity index is 1420. The monoisotopic (exact) mass is 501 g/mol. The van der Waals surface area contributed by atoms with Crippen LogP contribution in [0.25, 0.3) is 33.2 Å². The minimum Gasteiger partial charge on any atom is -0.357 e. The third-order valence-electron chi connectivity index (χ3n) is 4.65. The number of hydrogen-bond donors (Lipinski definition) is 1. The summed E-state index contributed by atoms with van der Waals surface area (Å²) >= 11 is 3.27. The van der Waals surface area contributed by atoms with E-state index < -0.39 is 38.7 Å². The molecule has 4 rings (SSSR count). The maximum atomic E-state index is 14.1. The number of sulfone groups is 1. The Kier molecular flexibility index (Phi) is 4.85. The molecule has 0 amide bonds. The van der Waals surface area contributed by atoms with Gasteiger partial charge >= 0.3 is 6.18 Å². The first-order valence-corrected chi connectivity index (χ1v) is 11.0. The summed E-state index contributed by atoms with van der Waals surface area (Å²) in [5.41, 5.74) is -2.54. The molecule has 156 valence electrons. The number of alkyl halides is 3. The van der Waals surface area contributed by atoms with Gasteiger partial charge in [-0.15, -0.1) is 0 Å². The molecular weight excluding hydrogens is 490 g/mol. The lowest BCUT2D eigenvalue weighted by molar-refractivity contribution is -0.137. The highest BCUT2D eigenvalue weighted by molar-refractivity contribution is 9.10. The van der Waals surface area contributed by atoms with Crippen molar-refractivity contribution in [3.8, 4) is 11.3 Å². The van der Waals surface area contributed by atoms with E-state index in [0.29, 0.717) is 16.1 Å². The molecule has 0 aliphatic carbocycles. The number of H-pyrrole nitrogens is 1. The summed E-state index contributed by atoms with van der Waals surface area (Å²) in [5.74, 6) is -1.21. The second-order valence-electron chi connectivity index (χ2n) is 6.48. The largest absolute Gasteiger partial charge is 0.418 e. The van der Waals surface area contributed by atoms with E-state index in [-0.39, 0.29) is 27.2 Å². The first-order valence-electron chi connectivity index (χ1n) is 8.59. The highest BCUT2D eigenvalue weighted by atomic mass is 79.9. The van der Waals surface area contributed by atoms with Crippen molar-refractivity contribution in [2.24, 2.45) is 0 Å². The molecule has 3 aromatic heterocycles. The molecule has 4 aromatic rings. The Morgan fingerprint density at radius 3 is 2.60 bits per heavy atom. The van der Waals surface area contributed by atoms with Crippen LogP contribution < -0.4 is 0 Å². The predicted molar refractivity (Wildman–Crippen MR) is 107 cm³/mol. The van der Waals surface area contributed by atoms with E-state index in [4.69, 9.17) is 0 Å². The summed E-state index contributed by atoms with van der Waals surface area (Å²) in [6.45, 7) is 1.38. The summed E-state index contributed by atoms with van der Waals surface area (Å²) in [5, 5.41) is 0.436. The molecule has 0 atom stereocenters. The van der Waals surface area contributed by atoms with Crippen molar-refractivity contribution in [2.75, 3.05) is 5.75 Å². The van der Waals surface area contributed by atoms with Gasteiger partial charge < -0.3 is 4.98 Å². The van der Waals surface area contributed by atoms with E-state index in [1.807, 2.05) is 0 Å². The summed E-state index contributed by atoms with van der Waals surface area (Å²) in [6.07, 6.45) is -3.52. The molecule has 0 bridgehead atoms. The average Bonchev–Trinajstić information content (AvgIpc) is 3.06. The average molecular weight is 502 g/mol. The molecule has 0 aliphatic heterocycles. The van der Waals surface area contributed by atoms with Crippen molar-refractivity contribution in [1.82, 2.24) is 15.0 Å². The van der Waals surface area contributed by atoms with Crippen molar-refractivity contribution in [1.29, 1.82) is 0 Å². The summed E-state index contributed by atoms with van der Waals surface area (Å²) in [6, 6.07) is 6.11. The van der Waals surface area contributed by atoms with E-state index in [2.05, 4.69) is 30.9 Å². The molecule has 30 heavy (non-hydrogen) atoms. The van der Waals surface area contributed by atoms with Crippen molar-refractivity contribution in [2.45, 2.75) is 18.0 Å². The topological polar surface area (TPSA) is 75.7 Å². The molecule has 0 saturated carbocycles. The maximum Gasteiger partial charge on any atom is 0.418 e. The summed E-state index contributed by atoms with van der Waals surface area (Å²) in [7, 11) is -3.97. The Morgan fingerprint density at radius 2 is 1.93 bits per heavy atom. The molecule has 0 fully saturated rings. The fraction of sp³-hybridized carbons (Fsp3) is 0.158. The van der Waals surface area contributed by atoms with Crippen LogP contribution in [0.1, 0.15) is 12.5 Å². The number of fused-ring (bicyclic) bond motifs is 2. The molecule has 0 saturated heterocycles. The molecule has 0 radical (unpaired) electrons. The lowest BCUT2D eigenvalue weighted by atomic mass is 10.0. The molecule has 5 nitrogen and oxygen atoms in total. The molecule has 0 unspecified atom stereocenters. The van der Waals surface area contributed by atoms with Crippen molar-refractivity contribution < 1.29 is 26.0 Å². The van der Waals surface area contributed by atoms with Crippen LogP contribution in [0.5, 0.6) is 0 Å². The maximum absolute atomic E-state index is 14.1. The van der Waals surface area contributed by atoms with Gasteiger partial charge in [0.05, 0.1) is 32.9 Å². The molecule has 1 aromatic carbocycles. The van der Waals surface area contributed by atoms with Crippen LogP contribution in [0.3, 0.4) is 0 Å². The number of hydrogen-bond acceptors (Lipinski definition) is 4. The van der Waals surface area contributed by atoms with Gasteiger partial charge in [-0.2, -0.15) is 13.2 Å². The zero-order valence-electron chi connectivity index (χ0n) is 15.2. The fourth-order valence-corrected chi connectivity index (χ4v) is 4.60. The SMILES string of the molecule is CCS(=O)(=O)c1cc2ccc(Br)cc2nc1-c1c(C(F)(F)F)cnc2c(F)c[nH]c12. The van der Waals surface area contributed by atoms with Gasteiger partial charge in [-0.3, -0.25) is 4.98 Å². The van der Waals surface area contributed by atoms with E-state index in [1.54, 1.807) is 18.2 Å². The molecule has 0 aliphatic rings. The van der Waals surface area contributed by atoms with Gasteiger partial charge in [0, 0.05) is 27.8 Å². The fourth-order valence-electron chi connectivity index (χ4n) is 3.19. The Labute approximate surface area is 176 Å². The van der Waals surface area contributed by atoms with Crippen LogP contribution in [0.2, 0.25) is 0 Å². The molecule has 3 heterocycles. The van der Waals surface area contributed by atoms with Crippen molar-refractivity contribution in [3.05, 3.63) is 52.5 Å². The minimum absolute atomic E-state index is 0.277. The van der Waals surface area contributed by atoms with Gasteiger partial charge in [-0.05, 0) is 18.2 Å². The van der Waals surface area contributed by atoms with Gasteiger partial charge in [0.1, 0.15) is 5.52 Å². The van der Waals surface area contributed by atoms with Crippen molar-refractivity contribution in [3.63, 3.8) is 0 Å². The lowest BCUT2D eigenvalue weighted by Gasteiger charge is -2.16. The highest BCUT2D eigenvalue weighted by Gasteiger charge is 2.38. The molecule has 11 heteroatoms. The second kappa shape index (κ2) is 7.02. The van der Waals surface area contributed by atoms with Crippen molar-refractivity contribution >= 4 is 47.7 Å². The van der Waals surface area contributed by atoms with E-state index in [0.717, 1.165) is 6.20 Å². The summed E-state index contributed by atoms with van der Waals surface area (Å²) < 4.78 is 81.7. The zero-order valence-corrected chi connectivity index (χ0v) is 17.6. The highest BCUT2D eigenvalue weighted by Crippen LogP contribution is 2.42. The van der Waals surface area contributed by atoms with Gasteiger partial charge in [0.15, 0.2) is 15.7 Å². The molecule has 1 N–H and O–H groups in total. The normalized spacial score (nSPS) is 12.7. The number of benzene rings is 1. The van der Waals surface area contributed by atoms with Crippen LogP contribution in [-0.4, -0.2) is 29.1 Å². The number of aromatic nitrogens is 3. The summed E-state index contributed by atoms with van der Waals surface area (Å²) in [4.78, 5) is 9.92. The molecular formula is C19H12BrF4N3O2S. The number of halogens is 5. The van der Waals surface area contributed by atoms with Gasteiger partial charge in [0.25, 0.3) is 0 Å². The van der Waals surface area contributed by atoms with Crippen LogP contribution in [0, 0.1) is 5.82 Å². The Hall–Kier alpha value is -2.53. The number of rotatable bonds is 3. The quantitative estimate of drug-likeness (QED) is 0.376. The number of aromatic amines is 1. The Morgan fingerprint density at radius 1 is 1.20 bits per heavy atom. The Balaban J connectivity index is 2.23. The zero-order chi connectivity index (χ0) is 21.8. The van der Waals surface area contributed by atoms with Crippen LogP contribution >= 0.6 is 15.9 Å². The third kappa shape index (κ3) is 3.35. The molecule has 0 spiro atoms. The third-order valence-corrected chi connectivity index (χ3v) is 6.89. The minimum atomic E-state index is -4.88. The van der Waals surface area contributed by atoms with Gasteiger partial charge in [-0.1, -0.05) is 28.9 Å². The van der Waals surface area contributed by atoms with E-state index >= 15 is 0 Å². The number of nitrogens with one attached hydrogen (secondary N) is 1. The van der Waals surface area contributed by atoms with Crippen LogP contribution in [0.4, 0.5) is 17.6 Å². The van der Waals surface area contributed by atoms with Crippen LogP contribution in [-0.2, 0) is 16.0 Å². The van der Waals surface area contributed by atoms with E-state index in [1.165, 1.54) is 13.0 Å². The van der Waals surface area contributed by atoms with Gasteiger partial charge in [0.2, 0.25) is 0 Å². The second-order valence-corrected chi connectivity index (χ2v) is 9.64. The smallest absolute Gasteiger partial charge is 0.357 e. The van der Waals surface area contributed by atoms with E-state index in [9.17, 15) is 26.0 Å². The lowest BCUT2D eigenvalue weighted by Crippen LogP contribution is -2.12. The first kappa shape index (κ1) is 20.7. The number of pyridine rings is 2. The predicted octanol–water partition coefficient (Wildman–Crippen LogP) is 5.49. The standard InChI is InChI=1S/C19H12BrF4N3O2S/c1-2-30(28,29)14-5-9-3-4-10(20)6-13(9)27-17(14)15-11(19(22,23)24)7-25-16-12(21)8-26-18(15)16/h3-8,26H,2H2,1H3. The van der Waals surface area contributed by atoms with Crippen LogP contribution in [0.15, 0.2) is 46.0 Å². The number of nitrogens with zero attached hydrogens (tertiary/aromatic N) is 2. The van der Waals surface area contributed by atoms with Gasteiger partial charge in [-0.25, -0.2) is 17.8 Å².